The first-order valence-corrected chi connectivity index (χ1v) is 8.72. The Kier molecular flexibility index (Phi) is 4.02. The zero-order chi connectivity index (χ0) is 13.3. The van der Waals surface area contributed by atoms with Crippen LogP contribution >= 0.6 is 15.9 Å². The van der Waals surface area contributed by atoms with Crippen LogP contribution < -0.4 is 5.32 Å². The first kappa shape index (κ1) is 13.9. The van der Waals surface area contributed by atoms with Crippen molar-refractivity contribution in [3.05, 3.63) is 27.7 Å². The Morgan fingerprint density at radius 3 is 2.44 bits per heavy atom. The number of hydrogen-bond donors (Lipinski definition) is 1. The molecule has 0 bridgehead atoms. The van der Waals surface area contributed by atoms with Crippen molar-refractivity contribution in [2.75, 3.05) is 16.8 Å². The molecule has 0 radical (unpaired) electrons. The van der Waals surface area contributed by atoms with Gasteiger partial charge in [0.2, 0.25) is 0 Å². The Balaban J connectivity index is 2.19. The number of benzene rings is 1. The van der Waals surface area contributed by atoms with Crippen molar-refractivity contribution in [1.82, 2.24) is 0 Å². The predicted octanol–water partition coefficient (Wildman–Crippen LogP) is 3.06. The van der Waals surface area contributed by atoms with Crippen LogP contribution in [0, 0.1) is 13.8 Å². The minimum atomic E-state index is -2.86. The third kappa shape index (κ3) is 3.26. The highest BCUT2D eigenvalue weighted by Crippen LogP contribution is 2.27. The zero-order valence-electron chi connectivity index (χ0n) is 10.7. The highest BCUT2D eigenvalue weighted by atomic mass is 79.9. The second-order valence-corrected chi connectivity index (χ2v) is 8.16. The second-order valence-electron chi connectivity index (χ2n) is 5.01. The van der Waals surface area contributed by atoms with Crippen molar-refractivity contribution in [2.24, 2.45) is 0 Å². The number of aryl methyl sites for hydroxylation is 2. The van der Waals surface area contributed by atoms with Gasteiger partial charge in [0.05, 0.1) is 11.5 Å². The number of halogens is 1. The molecule has 0 spiro atoms. The molecule has 0 aromatic heterocycles. The molecule has 0 amide bonds. The maximum atomic E-state index is 11.6. The van der Waals surface area contributed by atoms with E-state index in [9.17, 15) is 8.42 Å². The maximum Gasteiger partial charge on any atom is 0.152 e. The van der Waals surface area contributed by atoms with E-state index in [-0.39, 0.29) is 11.8 Å². The number of sulfone groups is 1. The van der Waals surface area contributed by atoms with Gasteiger partial charge >= 0.3 is 0 Å². The molecule has 0 aliphatic carbocycles. The van der Waals surface area contributed by atoms with Gasteiger partial charge in [-0.1, -0.05) is 15.9 Å². The molecule has 3 nitrogen and oxygen atoms in total. The predicted molar refractivity (Wildman–Crippen MR) is 78.9 cm³/mol. The largest absolute Gasteiger partial charge is 0.381 e. The van der Waals surface area contributed by atoms with Gasteiger partial charge in [0, 0.05) is 16.2 Å². The molecular weight excluding hydrogens is 314 g/mol. The summed E-state index contributed by atoms with van der Waals surface area (Å²) in [6.07, 6.45) is 1.68. The van der Waals surface area contributed by atoms with Gasteiger partial charge in [0.15, 0.2) is 9.84 Å². The van der Waals surface area contributed by atoms with Crippen LogP contribution in [-0.4, -0.2) is 26.0 Å². The van der Waals surface area contributed by atoms with Crippen LogP contribution in [0.25, 0.3) is 0 Å². The summed E-state index contributed by atoms with van der Waals surface area (Å²) in [5.41, 5.74) is 3.36. The molecule has 1 unspecified atom stereocenters. The van der Waals surface area contributed by atoms with Gasteiger partial charge in [0.25, 0.3) is 0 Å². The van der Waals surface area contributed by atoms with Crippen molar-refractivity contribution >= 4 is 31.5 Å². The minimum absolute atomic E-state index is 0.0438. The van der Waals surface area contributed by atoms with Crippen LogP contribution in [-0.2, 0) is 9.84 Å². The summed E-state index contributed by atoms with van der Waals surface area (Å²) in [6, 6.07) is 4.14. The fourth-order valence-corrected chi connectivity index (χ4v) is 4.80. The molecule has 5 heteroatoms. The molecule has 1 aliphatic heterocycles. The summed E-state index contributed by atoms with van der Waals surface area (Å²) in [5, 5.41) is 3.40. The number of hydrogen-bond acceptors (Lipinski definition) is 3. The number of anilines is 1. The smallest absolute Gasteiger partial charge is 0.152 e. The molecule has 1 heterocycles. The Morgan fingerprint density at radius 2 is 1.89 bits per heavy atom. The standard InChI is InChI=1S/C13H18BrNO2S/c1-9-6-11(14)7-10(2)13(9)15-12-4-3-5-18(16,17)8-12/h6-7,12,15H,3-5,8H2,1-2H3. The highest BCUT2D eigenvalue weighted by Gasteiger charge is 2.25. The molecule has 1 aromatic carbocycles. The van der Waals surface area contributed by atoms with E-state index in [1.165, 1.54) is 0 Å². The van der Waals surface area contributed by atoms with E-state index in [0.717, 1.165) is 34.1 Å². The summed E-state index contributed by atoms with van der Waals surface area (Å²) in [7, 11) is -2.86. The lowest BCUT2D eigenvalue weighted by Crippen LogP contribution is -2.35. The third-order valence-electron chi connectivity index (χ3n) is 3.31. The molecule has 1 fully saturated rings. The molecule has 1 aromatic rings. The Morgan fingerprint density at radius 1 is 1.28 bits per heavy atom. The van der Waals surface area contributed by atoms with Crippen molar-refractivity contribution in [1.29, 1.82) is 0 Å². The van der Waals surface area contributed by atoms with Gasteiger partial charge < -0.3 is 5.32 Å². The zero-order valence-corrected chi connectivity index (χ0v) is 13.1. The maximum absolute atomic E-state index is 11.6. The lowest BCUT2D eigenvalue weighted by molar-refractivity contribution is 0.562. The molecule has 100 valence electrons. The quantitative estimate of drug-likeness (QED) is 0.905. The lowest BCUT2D eigenvalue weighted by Gasteiger charge is -2.26. The molecule has 1 saturated heterocycles. The van der Waals surface area contributed by atoms with Gasteiger partial charge in [0.1, 0.15) is 0 Å². The topological polar surface area (TPSA) is 46.2 Å². The van der Waals surface area contributed by atoms with Crippen molar-refractivity contribution in [3.63, 3.8) is 0 Å². The molecule has 2 rings (SSSR count). The number of rotatable bonds is 2. The average molecular weight is 332 g/mol. The highest BCUT2D eigenvalue weighted by molar-refractivity contribution is 9.10. The SMILES string of the molecule is Cc1cc(Br)cc(C)c1NC1CCCS(=O)(=O)C1. The van der Waals surface area contributed by atoms with Crippen molar-refractivity contribution in [3.8, 4) is 0 Å². The minimum Gasteiger partial charge on any atom is -0.381 e. The molecule has 1 atom stereocenters. The summed E-state index contributed by atoms with van der Waals surface area (Å²) in [4.78, 5) is 0. The van der Waals surface area contributed by atoms with E-state index < -0.39 is 9.84 Å². The van der Waals surface area contributed by atoms with Crippen molar-refractivity contribution < 1.29 is 8.42 Å². The van der Waals surface area contributed by atoms with Gasteiger partial charge in [-0.15, -0.1) is 0 Å². The Labute approximate surface area is 117 Å². The molecule has 0 saturated carbocycles. The van der Waals surface area contributed by atoms with Gasteiger partial charge in [-0.25, -0.2) is 8.42 Å². The van der Waals surface area contributed by atoms with Crippen LogP contribution in [0.5, 0.6) is 0 Å². The molecule has 1 N–H and O–H groups in total. The van der Waals surface area contributed by atoms with Gasteiger partial charge in [-0.2, -0.15) is 0 Å². The van der Waals surface area contributed by atoms with E-state index in [1.54, 1.807) is 0 Å². The van der Waals surface area contributed by atoms with E-state index >= 15 is 0 Å². The van der Waals surface area contributed by atoms with E-state index in [0.29, 0.717) is 5.75 Å². The summed E-state index contributed by atoms with van der Waals surface area (Å²) >= 11 is 3.47. The van der Waals surface area contributed by atoms with Crippen LogP contribution in [0.2, 0.25) is 0 Å². The molecular formula is C13H18BrNO2S. The van der Waals surface area contributed by atoms with Crippen LogP contribution in [0.4, 0.5) is 5.69 Å². The van der Waals surface area contributed by atoms with E-state index in [4.69, 9.17) is 0 Å². The third-order valence-corrected chi connectivity index (χ3v) is 5.59. The fourth-order valence-electron chi connectivity index (χ4n) is 2.48. The molecule has 1 aliphatic rings. The number of nitrogens with one attached hydrogen (secondary N) is 1. The summed E-state index contributed by atoms with van der Waals surface area (Å²) in [6.45, 7) is 4.08. The second kappa shape index (κ2) is 5.21. The first-order chi connectivity index (χ1) is 8.37. The van der Waals surface area contributed by atoms with Crippen LogP contribution in [0.3, 0.4) is 0 Å². The van der Waals surface area contributed by atoms with Crippen LogP contribution in [0.15, 0.2) is 16.6 Å². The lowest BCUT2D eigenvalue weighted by atomic mass is 10.1. The fraction of sp³-hybridized carbons (Fsp3) is 0.538. The van der Waals surface area contributed by atoms with Crippen LogP contribution in [0.1, 0.15) is 24.0 Å². The van der Waals surface area contributed by atoms with Gasteiger partial charge in [-0.05, 0) is 49.9 Å². The normalized spacial score (nSPS) is 22.7. The first-order valence-electron chi connectivity index (χ1n) is 6.11. The monoisotopic (exact) mass is 331 g/mol. The Hall–Kier alpha value is -0.550. The van der Waals surface area contributed by atoms with E-state index in [1.807, 2.05) is 26.0 Å². The Bertz CT molecular complexity index is 531. The summed E-state index contributed by atoms with van der Waals surface area (Å²) < 4.78 is 24.3. The molecule has 18 heavy (non-hydrogen) atoms. The van der Waals surface area contributed by atoms with Crippen molar-refractivity contribution in [2.45, 2.75) is 32.7 Å². The average Bonchev–Trinajstić information content (AvgIpc) is 2.22. The van der Waals surface area contributed by atoms with Gasteiger partial charge in [-0.3, -0.25) is 0 Å². The van der Waals surface area contributed by atoms with E-state index in [2.05, 4.69) is 21.2 Å². The summed E-state index contributed by atoms with van der Waals surface area (Å²) in [5.74, 6) is 0.589.